The third-order valence-corrected chi connectivity index (χ3v) is 3.84. The summed E-state index contributed by atoms with van der Waals surface area (Å²) in [7, 11) is 0. The van der Waals surface area contributed by atoms with Gasteiger partial charge in [-0.3, -0.25) is 0 Å². The highest BCUT2D eigenvalue weighted by Gasteiger charge is 2.30. The quantitative estimate of drug-likeness (QED) is 0.697. The van der Waals surface area contributed by atoms with Gasteiger partial charge in [-0.1, -0.05) is 12.1 Å². The highest BCUT2D eigenvalue weighted by molar-refractivity contribution is 9.10. The molecule has 0 spiro atoms. The van der Waals surface area contributed by atoms with Crippen LogP contribution in [-0.4, -0.2) is 22.9 Å². The van der Waals surface area contributed by atoms with Gasteiger partial charge in [-0.15, -0.1) is 13.2 Å². The molecule has 1 aromatic heterocycles. The smallest absolute Gasteiger partial charge is 0.406 e. The first kappa shape index (κ1) is 18.4. The van der Waals surface area contributed by atoms with Crippen LogP contribution in [0.15, 0.2) is 35.1 Å². The number of alkyl halides is 4. The Morgan fingerprint density at radius 2 is 1.88 bits per heavy atom. The highest BCUT2D eigenvalue weighted by atomic mass is 79.9. The Balaban J connectivity index is 1.92. The fourth-order valence-corrected chi connectivity index (χ4v) is 2.63. The molecule has 2 rings (SSSR count). The summed E-state index contributed by atoms with van der Waals surface area (Å²) in [5, 5.41) is 3.03. The van der Waals surface area contributed by atoms with Crippen molar-refractivity contribution in [3.8, 4) is 5.75 Å². The molecule has 0 amide bonds. The molecule has 0 aliphatic carbocycles. The van der Waals surface area contributed by atoms with Gasteiger partial charge >= 0.3 is 6.36 Å². The van der Waals surface area contributed by atoms with Crippen LogP contribution in [0.1, 0.15) is 24.4 Å². The van der Waals surface area contributed by atoms with Crippen LogP contribution in [0.25, 0.3) is 0 Å². The number of anilines is 1. The van der Waals surface area contributed by atoms with Gasteiger partial charge in [0.15, 0.2) is 0 Å². The summed E-state index contributed by atoms with van der Waals surface area (Å²) in [5.41, 5.74) is 1.07. The van der Waals surface area contributed by atoms with E-state index in [9.17, 15) is 17.6 Å². The van der Waals surface area contributed by atoms with E-state index >= 15 is 0 Å². The lowest BCUT2D eigenvalue weighted by atomic mass is 10.1. The molecule has 1 atom stereocenters. The minimum Gasteiger partial charge on any atom is -0.406 e. The largest absolute Gasteiger partial charge is 0.573 e. The summed E-state index contributed by atoms with van der Waals surface area (Å²) >= 11 is 3.26. The van der Waals surface area contributed by atoms with Crippen LogP contribution in [0.5, 0.6) is 5.75 Å². The number of aromatic nitrogens is 2. The molecule has 0 saturated heterocycles. The minimum atomic E-state index is -4.70. The van der Waals surface area contributed by atoms with Crippen molar-refractivity contribution in [1.29, 1.82) is 0 Å². The summed E-state index contributed by atoms with van der Waals surface area (Å²) in [6, 6.07) is 5.61. The molecule has 2 aromatic rings. The molecule has 0 fully saturated rings. The first-order valence-corrected chi connectivity index (χ1v) is 7.78. The minimum absolute atomic E-state index is 0.251. The summed E-state index contributed by atoms with van der Waals surface area (Å²) in [6.45, 7) is 1.84. The van der Waals surface area contributed by atoms with E-state index in [1.807, 2.05) is 0 Å². The summed E-state index contributed by atoms with van der Waals surface area (Å²) in [4.78, 5) is 7.89. The average Bonchev–Trinajstić information content (AvgIpc) is 2.49. The third-order valence-electron chi connectivity index (χ3n) is 3.06. The normalized spacial score (nSPS) is 12.8. The second kappa shape index (κ2) is 7.78. The van der Waals surface area contributed by atoms with Gasteiger partial charge in [0.1, 0.15) is 24.1 Å². The van der Waals surface area contributed by atoms with Crippen molar-refractivity contribution in [3.05, 3.63) is 46.3 Å². The van der Waals surface area contributed by atoms with E-state index < -0.39 is 12.5 Å². The fourth-order valence-electron chi connectivity index (χ4n) is 1.97. The molecule has 0 saturated carbocycles. The number of hydrogen-bond donors (Lipinski definition) is 1. The first-order chi connectivity index (χ1) is 11.3. The van der Waals surface area contributed by atoms with Crippen molar-refractivity contribution in [1.82, 2.24) is 9.97 Å². The van der Waals surface area contributed by atoms with Gasteiger partial charge in [-0.2, -0.15) is 0 Å². The Labute approximate surface area is 144 Å². The van der Waals surface area contributed by atoms with Crippen LogP contribution >= 0.6 is 15.9 Å². The van der Waals surface area contributed by atoms with E-state index in [2.05, 4.69) is 36.0 Å². The highest BCUT2D eigenvalue weighted by Crippen LogP contribution is 2.28. The summed E-state index contributed by atoms with van der Waals surface area (Å²) in [5.74, 6) is 0.195. The van der Waals surface area contributed by atoms with E-state index in [4.69, 9.17) is 0 Å². The molecule has 0 aliphatic heterocycles. The third kappa shape index (κ3) is 5.33. The number of benzene rings is 1. The topological polar surface area (TPSA) is 47.0 Å². The lowest BCUT2D eigenvalue weighted by Crippen LogP contribution is -2.17. The number of nitrogens with one attached hydrogen (secondary N) is 1. The molecule has 9 heteroatoms. The zero-order chi connectivity index (χ0) is 17.7. The zero-order valence-corrected chi connectivity index (χ0v) is 14.2. The van der Waals surface area contributed by atoms with Crippen LogP contribution in [0.2, 0.25) is 0 Å². The Morgan fingerprint density at radius 3 is 2.46 bits per heavy atom. The van der Waals surface area contributed by atoms with Crippen molar-refractivity contribution < 1.29 is 22.3 Å². The van der Waals surface area contributed by atoms with Crippen LogP contribution in [0.3, 0.4) is 0 Å². The molecule has 130 valence electrons. The Kier molecular flexibility index (Phi) is 5.98. The van der Waals surface area contributed by atoms with Crippen molar-refractivity contribution >= 4 is 21.7 Å². The molecule has 0 radical (unpaired) electrons. The molecule has 4 nitrogen and oxygen atoms in total. The van der Waals surface area contributed by atoms with E-state index in [0.29, 0.717) is 23.3 Å². The number of halogens is 5. The van der Waals surface area contributed by atoms with Gasteiger partial charge in [-0.05, 0) is 47.0 Å². The van der Waals surface area contributed by atoms with Crippen molar-refractivity contribution in [2.75, 3.05) is 11.9 Å². The van der Waals surface area contributed by atoms with E-state index in [0.717, 1.165) is 5.56 Å². The van der Waals surface area contributed by atoms with Crippen LogP contribution in [-0.2, 0) is 6.42 Å². The maximum absolute atomic E-state index is 13.4. The Bertz CT molecular complexity index is 677. The number of ether oxygens (including phenoxy) is 1. The second-order valence-corrected chi connectivity index (χ2v) is 5.70. The maximum atomic E-state index is 13.4. The molecule has 1 unspecified atom stereocenters. The Morgan fingerprint density at radius 1 is 1.21 bits per heavy atom. The van der Waals surface area contributed by atoms with Gasteiger partial charge in [0.25, 0.3) is 0 Å². The predicted molar refractivity (Wildman–Crippen MR) is 84.6 cm³/mol. The van der Waals surface area contributed by atoms with Crippen LogP contribution in [0.4, 0.5) is 23.4 Å². The zero-order valence-electron chi connectivity index (χ0n) is 12.6. The lowest BCUT2D eigenvalue weighted by molar-refractivity contribution is -0.274. The van der Waals surface area contributed by atoms with Gasteiger partial charge in [0, 0.05) is 6.54 Å². The van der Waals surface area contributed by atoms with Gasteiger partial charge < -0.3 is 10.1 Å². The molecule has 1 N–H and O–H groups in total. The summed E-state index contributed by atoms with van der Waals surface area (Å²) in [6.07, 6.45) is -4.12. The number of nitrogens with zero attached hydrogens (tertiary/aromatic N) is 2. The van der Waals surface area contributed by atoms with E-state index in [1.54, 1.807) is 12.1 Å². The molecule has 0 bridgehead atoms. The van der Waals surface area contributed by atoms with Crippen molar-refractivity contribution in [2.45, 2.75) is 25.9 Å². The van der Waals surface area contributed by atoms with Gasteiger partial charge in [0.05, 0.1) is 10.2 Å². The molecule has 24 heavy (non-hydrogen) atoms. The number of hydrogen-bond acceptors (Lipinski definition) is 4. The Hall–Kier alpha value is -1.90. The second-order valence-electron chi connectivity index (χ2n) is 4.91. The maximum Gasteiger partial charge on any atom is 0.573 e. The standard InChI is InChI=1S/C15H14BrF4N3O/c1-9(17)13-12(16)14(23-8-22-13)21-7-6-10-2-4-11(5-3-10)24-15(18,19)20/h2-5,8-9H,6-7H2,1H3,(H,21,22,23). The van der Waals surface area contributed by atoms with Gasteiger partial charge in [0.2, 0.25) is 0 Å². The number of rotatable bonds is 6. The molecule has 1 heterocycles. The predicted octanol–water partition coefficient (Wildman–Crippen LogP) is 4.82. The molecular weight excluding hydrogens is 394 g/mol. The first-order valence-electron chi connectivity index (χ1n) is 6.99. The van der Waals surface area contributed by atoms with Gasteiger partial charge in [-0.25, -0.2) is 14.4 Å². The molecule has 0 aliphatic rings. The summed E-state index contributed by atoms with van der Waals surface area (Å²) < 4.78 is 53.9. The van der Waals surface area contributed by atoms with Crippen LogP contribution in [0, 0.1) is 0 Å². The van der Waals surface area contributed by atoms with E-state index in [-0.39, 0.29) is 11.4 Å². The average molecular weight is 408 g/mol. The van der Waals surface area contributed by atoms with Crippen molar-refractivity contribution in [3.63, 3.8) is 0 Å². The van der Waals surface area contributed by atoms with E-state index in [1.165, 1.54) is 25.4 Å². The SMILES string of the molecule is CC(F)c1ncnc(NCCc2ccc(OC(F)(F)F)cc2)c1Br. The van der Waals surface area contributed by atoms with Crippen molar-refractivity contribution in [2.24, 2.45) is 0 Å². The van der Waals surface area contributed by atoms with Crippen LogP contribution < -0.4 is 10.1 Å². The fraction of sp³-hybridized carbons (Fsp3) is 0.333. The monoisotopic (exact) mass is 407 g/mol. The molecular formula is C15H14BrF4N3O. The molecule has 1 aromatic carbocycles. The lowest BCUT2D eigenvalue weighted by Gasteiger charge is -2.11.